The molecule has 1 atom stereocenters. The molecule has 2 aromatic carbocycles. The van der Waals surface area contributed by atoms with Crippen molar-refractivity contribution < 1.29 is 0 Å². The van der Waals surface area contributed by atoms with Gasteiger partial charge in [-0.1, -0.05) is 29.8 Å². The number of nitrogens with one attached hydrogen (secondary N) is 1. The Bertz CT molecular complexity index is 792. The van der Waals surface area contributed by atoms with Crippen molar-refractivity contribution in [1.29, 1.82) is 0 Å². The average molecular weight is 300 g/mol. The van der Waals surface area contributed by atoms with E-state index in [2.05, 4.69) is 29.8 Å². The second-order valence-corrected chi connectivity index (χ2v) is 5.78. The summed E-state index contributed by atoms with van der Waals surface area (Å²) in [5, 5.41) is 4.24. The molecule has 1 N–H and O–H groups in total. The topological polar surface area (TPSA) is 29.9 Å². The van der Waals surface area contributed by atoms with Crippen LogP contribution in [0.25, 0.3) is 11.0 Å². The van der Waals surface area contributed by atoms with E-state index in [1.807, 2.05) is 43.4 Å². The number of anilines is 1. The number of fused-ring (bicyclic) bond motifs is 1. The minimum Gasteiger partial charge on any atom is -0.375 e. The van der Waals surface area contributed by atoms with E-state index < -0.39 is 0 Å². The van der Waals surface area contributed by atoms with Crippen molar-refractivity contribution in [3.05, 3.63) is 58.9 Å². The van der Waals surface area contributed by atoms with Crippen LogP contribution in [-0.4, -0.2) is 9.55 Å². The van der Waals surface area contributed by atoms with Gasteiger partial charge in [-0.05, 0) is 43.7 Å². The lowest BCUT2D eigenvalue weighted by molar-refractivity contribution is 0.733. The van der Waals surface area contributed by atoms with Gasteiger partial charge >= 0.3 is 0 Å². The smallest absolute Gasteiger partial charge is 0.131 e. The summed E-state index contributed by atoms with van der Waals surface area (Å²) in [6, 6.07) is 14.1. The fourth-order valence-electron chi connectivity index (χ4n) is 2.60. The van der Waals surface area contributed by atoms with Crippen molar-refractivity contribution >= 4 is 28.3 Å². The molecule has 1 unspecified atom stereocenters. The van der Waals surface area contributed by atoms with Crippen molar-refractivity contribution in [2.75, 3.05) is 5.32 Å². The lowest BCUT2D eigenvalue weighted by atomic mass is 10.2. The number of aryl methyl sites for hydroxylation is 2. The van der Waals surface area contributed by atoms with Crippen LogP contribution in [-0.2, 0) is 7.05 Å². The Hall–Kier alpha value is -2.00. The lowest BCUT2D eigenvalue weighted by Gasteiger charge is -2.17. The predicted molar refractivity (Wildman–Crippen MR) is 88.9 cm³/mol. The van der Waals surface area contributed by atoms with Gasteiger partial charge in [-0.15, -0.1) is 0 Å². The van der Waals surface area contributed by atoms with Gasteiger partial charge in [0.1, 0.15) is 5.82 Å². The second kappa shape index (κ2) is 5.41. The first-order valence-electron chi connectivity index (χ1n) is 7.00. The predicted octanol–water partition coefficient (Wildman–Crippen LogP) is 4.71. The molecule has 0 bridgehead atoms. The molecule has 0 amide bonds. The van der Waals surface area contributed by atoms with E-state index in [0.29, 0.717) is 0 Å². The van der Waals surface area contributed by atoms with E-state index in [1.54, 1.807) is 0 Å². The molecule has 0 aliphatic carbocycles. The van der Waals surface area contributed by atoms with Crippen LogP contribution >= 0.6 is 11.6 Å². The largest absolute Gasteiger partial charge is 0.375 e. The van der Waals surface area contributed by atoms with E-state index in [9.17, 15) is 0 Å². The van der Waals surface area contributed by atoms with Gasteiger partial charge in [0.15, 0.2) is 0 Å². The molecule has 1 aromatic heterocycles. The molecule has 108 valence electrons. The number of para-hydroxylation sites is 2. The highest BCUT2D eigenvalue weighted by Gasteiger charge is 2.14. The van der Waals surface area contributed by atoms with E-state index in [-0.39, 0.29) is 6.04 Å². The van der Waals surface area contributed by atoms with Crippen molar-refractivity contribution in [3.8, 4) is 0 Å². The molecule has 1 heterocycles. The Labute approximate surface area is 129 Å². The summed E-state index contributed by atoms with van der Waals surface area (Å²) in [5.41, 5.74) is 4.38. The summed E-state index contributed by atoms with van der Waals surface area (Å²) in [5.74, 6) is 1.01. The van der Waals surface area contributed by atoms with E-state index in [0.717, 1.165) is 27.6 Å². The van der Waals surface area contributed by atoms with Crippen LogP contribution in [0.3, 0.4) is 0 Å². The number of nitrogens with zero attached hydrogens (tertiary/aromatic N) is 2. The Balaban J connectivity index is 1.95. The molecule has 0 saturated heterocycles. The molecule has 0 spiro atoms. The monoisotopic (exact) mass is 299 g/mol. The highest BCUT2D eigenvalue weighted by atomic mass is 35.5. The van der Waals surface area contributed by atoms with Crippen LogP contribution in [0.2, 0.25) is 5.02 Å². The van der Waals surface area contributed by atoms with Crippen LogP contribution in [0.15, 0.2) is 42.5 Å². The third kappa shape index (κ3) is 2.61. The molecule has 21 heavy (non-hydrogen) atoms. The van der Waals surface area contributed by atoms with Crippen LogP contribution < -0.4 is 5.32 Å². The maximum atomic E-state index is 6.08. The molecule has 0 aliphatic rings. The maximum Gasteiger partial charge on any atom is 0.131 e. The number of hydrogen-bond donors (Lipinski definition) is 1. The zero-order valence-corrected chi connectivity index (χ0v) is 13.1. The minimum atomic E-state index is 0.0968. The van der Waals surface area contributed by atoms with Crippen molar-refractivity contribution in [2.45, 2.75) is 19.9 Å². The molecule has 0 aliphatic heterocycles. The van der Waals surface area contributed by atoms with Gasteiger partial charge in [0, 0.05) is 17.8 Å². The van der Waals surface area contributed by atoms with Gasteiger partial charge in [0.05, 0.1) is 17.1 Å². The molecule has 0 fully saturated rings. The van der Waals surface area contributed by atoms with Crippen LogP contribution in [0.1, 0.15) is 24.4 Å². The third-order valence-corrected chi connectivity index (χ3v) is 4.02. The summed E-state index contributed by atoms with van der Waals surface area (Å²) in [6.07, 6.45) is 0. The van der Waals surface area contributed by atoms with Gasteiger partial charge in [-0.3, -0.25) is 0 Å². The number of aromatic nitrogens is 2. The number of halogens is 1. The third-order valence-electron chi connectivity index (χ3n) is 3.78. The van der Waals surface area contributed by atoms with E-state index in [4.69, 9.17) is 16.6 Å². The molecule has 3 aromatic rings. The Morgan fingerprint density at radius 3 is 2.71 bits per heavy atom. The fourth-order valence-corrected chi connectivity index (χ4v) is 2.77. The number of rotatable bonds is 3. The van der Waals surface area contributed by atoms with Gasteiger partial charge in [0.25, 0.3) is 0 Å². The van der Waals surface area contributed by atoms with Crippen LogP contribution in [0.5, 0.6) is 0 Å². The molecular formula is C17H18ClN3. The Morgan fingerprint density at radius 1 is 1.19 bits per heavy atom. The lowest BCUT2D eigenvalue weighted by Crippen LogP contribution is -2.12. The summed E-state index contributed by atoms with van der Waals surface area (Å²) < 4.78 is 2.13. The second-order valence-electron chi connectivity index (χ2n) is 5.34. The van der Waals surface area contributed by atoms with Crippen LogP contribution in [0.4, 0.5) is 5.69 Å². The molecule has 3 rings (SSSR count). The summed E-state index contributed by atoms with van der Waals surface area (Å²) in [6.45, 7) is 4.18. The van der Waals surface area contributed by atoms with Crippen molar-refractivity contribution in [1.82, 2.24) is 9.55 Å². The summed E-state index contributed by atoms with van der Waals surface area (Å²) in [4.78, 5) is 4.73. The SMILES string of the molecule is Cc1ccc(Cl)cc1NC(C)c1nc2ccccc2n1C. The summed E-state index contributed by atoms with van der Waals surface area (Å²) in [7, 11) is 2.05. The van der Waals surface area contributed by atoms with Gasteiger partial charge in [-0.2, -0.15) is 0 Å². The minimum absolute atomic E-state index is 0.0968. The normalized spacial score (nSPS) is 12.6. The fraction of sp³-hybridized carbons (Fsp3) is 0.235. The highest BCUT2D eigenvalue weighted by molar-refractivity contribution is 6.30. The number of hydrogen-bond acceptors (Lipinski definition) is 2. The molecular weight excluding hydrogens is 282 g/mol. The average Bonchev–Trinajstić information content (AvgIpc) is 2.81. The van der Waals surface area contributed by atoms with E-state index >= 15 is 0 Å². The zero-order chi connectivity index (χ0) is 15.0. The Kier molecular flexibility index (Phi) is 3.60. The zero-order valence-electron chi connectivity index (χ0n) is 12.4. The van der Waals surface area contributed by atoms with Gasteiger partial charge < -0.3 is 9.88 Å². The van der Waals surface area contributed by atoms with Crippen molar-refractivity contribution in [3.63, 3.8) is 0 Å². The number of benzene rings is 2. The number of imidazole rings is 1. The molecule has 3 nitrogen and oxygen atoms in total. The van der Waals surface area contributed by atoms with Gasteiger partial charge in [0.2, 0.25) is 0 Å². The summed E-state index contributed by atoms with van der Waals surface area (Å²) >= 11 is 6.08. The molecule has 4 heteroatoms. The van der Waals surface area contributed by atoms with Crippen molar-refractivity contribution in [2.24, 2.45) is 7.05 Å². The quantitative estimate of drug-likeness (QED) is 0.759. The first kappa shape index (κ1) is 14.0. The maximum absolute atomic E-state index is 6.08. The van der Waals surface area contributed by atoms with Crippen LogP contribution in [0, 0.1) is 6.92 Å². The molecule has 0 saturated carbocycles. The van der Waals surface area contributed by atoms with Gasteiger partial charge in [-0.25, -0.2) is 4.98 Å². The van der Waals surface area contributed by atoms with E-state index in [1.165, 1.54) is 5.56 Å². The highest BCUT2D eigenvalue weighted by Crippen LogP contribution is 2.26. The first-order chi connectivity index (χ1) is 10.1. The standard InChI is InChI=1S/C17H18ClN3/c1-11-8-9-13(18)10-15(11)19-12(2)17-20-14-6-4-5-7-16(14)21(17)3/h4-10,12,19H,1-3H3. The molecule has 0 radical (unpaired) electrons. The Morgan fingerprint density at radius 2 is 1.95 bits per heavy atom. The first-order valence-corrected chi connectivity index (χ1v) is 7.38.